The van der Waals surface area contributed by atoms with Crippen molar-refractivity contribution >= 4 is 23.1 Å². The highest BCUT2D eigenvalue weighted by Gasteiger charge is 2.20. The lowest BCUT2D eigenvalue weighted by atomic mass is 10.2. The molecule has 1 heterocycles. The molecule has 1 aromatic heterocycles. The normalized spacial score (nSPS) is 10.3. The first-order chi connectivity index (χ1) is 9.00. The molecule has 2 aromatic rings. The summed E-state index contributed by atoms with van der Waals surface area (Å²) in [7, 11) is 0. The van der Waals surface area contributed by atoms with Gasteiger partial charge in [-0.25, -0.2) is 9.97 Å². The van der Waals surface area contributed by atoms with Gasteiger partial charge in [0.1, 0.15) is 12.0 Å². The van der Waals surface area contributed by atoms with Gasteiger partial charge in [-0.2, -0.15) is 0 Å². The second-order valence-electron chi connectivity index (χ2n) is 4.38. The minimum Gasteiger partial charge on any atom is -0.382 e. The van der Waals surface area contributed by atoms with Crippen LogP contribution in [0, 0.1) is 13.8 Å². The zero-order chi connectivity index (χ0) is 14.0. The molecular formula is C14H16N4O. The predicted octanol–water partition coefficient (Wildman–Crippen LogP) is 2.36. The Bertz CT molecular complexity index is 587. The van der Waals surface area contributed by atoms with Crippen LogP contribution < -0.4 is 10.6 Å². The van der Waals surface area contributed by atoms with Gasteiger partial charge in [0.15, 0.2) is 5.82 Å². The lowest BCUT2D eigenvalue weighted by Gasteiger charge is -2.23. The van der Waals surface area contributed by atoms with E-state index in [1.54, 1.807) is 6.92 Å². The maximum Gasteiger partial charge on any atom is 0.228 e. The molecule has 98 valence electrons. The van der Waals surface area contributed by atoms with Gasteiger partial charge in [0.25, 0.3) is 0 Å². The van der Waals surface area contributed by atoms with Crippen molar-refractivity contribution in [1.82, 2.24) is 9.97 Å². The average Bonchev–Trinajstić information content (AvgIpc) is 2.35. The molecule has 0 aliphatic rings. The number of carbonyl (C=O) groups excluding carboxylic acids is 1. The number of aryl methyl sites for hydroxylation is 2. The number of aromatic nitrogens is 2. The number of benzene rings is 1. The third-order valence-electron chi connectivity index (χ3n) is 2.86. The van der Waals surface area contributed by atoms with E-state index in [-0.39, 0.29) is 5.91 Å². The quantitative estimate of drug-likeness (QED) is 0.895. The van der Waals surface area contributed by atoms with Crippen LogP contribution in [0.25, 0.3) is 0 Å². The van der Waals surface area contributed by atoms with Gasteiger partial charge in [-0.1, -0.05) is 17.7 Å². The third-order valence-corrected chi connectivity index (χ3v) is 2.86. The number of amides is 1. The van der Waals surface area contributed by atoms with Gasteiger partial charge < -0.3 is 5.73 Å². The van der Waals surface area contributed by atoms with Gasteiger partial charge in [0, 0.05) is 12.6 Å². The second-order valence-corrected chi connectivity index (χ2v) is 4.38. The SMILES string of the molecule is CC(=O)N(c1ccc(C)cc1)c1c(C)ncnc1N. The van der Waals surface area contributed by atoms with E-state index in [1.807, 2.05) is 31.2 Å². The van der Waals surface area contributed by atoms with Gasteiger partial charge in [-0.3, -0.25) is 9.69 Å². The summed E-state index contributed by atoms with van der Waals surface area (Å²) in [5.41, 5.74) is 8.97. The Balaban J connectivity index is 2.58. The van der Waals surface area contributed by atoms with Crippen LogP contribution in [0.5, 0.6) is 0 Å². The molecule has 0 aliphatic carbocycles. The number of hydrogen-bond donors (Lipinski definition) is 1. The van der Waals surface area contributed by atoms with E-state index in [0.29, 0.717) is 17.2 Å². The lowest BCUT2D eigenvalue weighted by molar-refractivity contribution is -0.115. The van der Waals surface area contributed by atoms with Crippen LogP contribution in [-0.2, 0) is 4.79 Å². The van der Waals surface area contributed by atoms with Crippen LogP contribution >= 0.6 is 0 Å². The minimum atomic E-state index is -0.131. The Labute approximate surface area is 112 Å². The van der Waals surface area contributed by atoms with Crippen molar-refractivity contribution in [2.45, 2.75) is 20.8 Å². The highest BCUT2D eigenvalue weighted by atomic mass is 16.2. The molecule has 0 saturated carbocycles. The summed E-state index contributed by atoms with van der Waals surface area (Å²) in [6, 6.07) is 7.65. The maximum absolute atomic E-state index is 11.9. The molecule has 0 spiro atoms. The van der Waals surface area contributed by atoms with E-state index in [0.717, 1.165) is 11.3 Å². The summed E-state index contributed by atoms with van der Waals surface area (Å²) in [6.45, 7) is 5.29. The second kappa shape index (κ2) is 5.06. The van der Waals surface area contributed by atoms with Crippen LogP contribution in [0.2, 0.25) is 0 Å². The van der Waals surface area contributed by atoms with E-state index in [4.69, 9.17) is 5.73 Å². The van der Waals surface area contributed by atoms with Crippen molar-refractivity contribution in [3.8, 4) is 0 Å². The van der Waals surface area contributed by atoms with Crippen molar-refractivity contribution in [3.63, 3.8) is 0 Å². The molecule has 0 fully saturated rings. The van der Waals surface area contributed by atoms with E-state index < -0.39 is 0 Å². The number of nitrogens with two attached hydrogens (primary N) is 1. The van der Waals surface area contributed by atoms with E-state index >= 15 is 0 Å². The van der Waals surface area contributed by atoms with Gasteiger partial charge in [-0.15, -0.1) is 0 Å². The summed E-state index contributed by atoms with van der Waals surface area (Å²) in [5, 5.41) is 0. The first-order valence-corrected chi connectivity index (χ1v) is 5.95. The molecule has 0 unspecified atom stereocenters. The lowest BCUT2D eigenvalue weighted by Crippen LogP contribution is -2.25. The monoisotopic (exact) mass is 256 g/mol. The smallest absolute Gasteiger partial charge is 0.228 e. The first kappa shape index (κ1) is 13.0. The molecule has 19 heavy (non-hydrogen) atoms. The fraction of sp³-hybridized carbons (Fsp3) is 0.214. The molecule has 5 nitrogen and oxygen atoms in total. The van der Waals surface area contributed by atoms with Crippen LogP contribution in [0.4, 0.5) is 17.2 Å². The van der Waals surface area contributed by atoms with Crippen molar-refractivity contribution in [3.05, 3.63) is 41.9 Å². The average molecular weight is 256 g/mol. The van der Waals surface area contributed by atoms with E-state index in [1.165, 1.54) is 18.2 Å². The van der Waals surface area contributed by atoms with Crippen LogP contribution in [0.1, 0.15) is 18.2 Å². The van der Waals surface area contributed by atoms with Gasteiger partial charge in [-0.05, 0) is 26.0 Å². The fourth-order valence-corrected chi connectivity index (χ4v) is 1.92. The number of anilines is 3. The molecule has 2 N–H and O–H groups in total. The summed E-state index contributed by atoms with van der Waals surface area (Å²) < 4.78 is 0. The Kier molecular flexibility index (Phi) is 3.46. The summed E-state index contributed by atoms with van der Waals surface area (Å²) in [6.07, 6.45) is 1.39. The molecule has 0 radical (unpaired) electrons. The molecule has 5 heteroatoms. The number of carbonyl (C=O) groups is 1. The van der Waals surface area contributed by atoms with Crippen molar-refractivity contribution in [2.24, 2.45) is 0 Å². The summed E-state index contributed by atoms with van der Waals surface area (Å²) >= 11 is 0. The molecular weight excluding hydrogens is 240 g/mol. The fourth-order valence-electron chi connectivity index (χ4n) is 1.92. The Morgan fingerprint density at radius 2 is 1.79 bits per heavy atom. The topological polar surface area (TPSA) is 72.1 Å². The summed E-state index contributed by atoms with van der Waals surface area (Å²) in [4.78, 5) is 21.5. The van der Waals surface area contributed by atoms with Crippen molar-refractivity contribution in [1.29, 1.82) is 0 Å². The van der Waals surface area contributed by atoms with Gasteiger partial charge in [0.05, 0.1) is 5.69 Å². The first-order valence-electron chi connectivity index (χ1n) is 5.95. The van der Waals surface area contributed by atoms with Crippen molar-refractivity contribution < 1.29 is 4.79 Å². The molecule has 1 aromatic carbocycles. The number of hydrogen-bond acceptors (Lipinski definition) is 4. The van der Waals surface area contributed by atoms with Gasteiger partial charge in [0.2, 0.25) is 5.91 Å². The highest BCUT2D eigenvalue weighted by molar-refractivity contribution is 6.01. The zero-order valence-corrected chi connectivity index (χ0v) is 11.2. The van der Waals surface area contributed by atoms with Crippen LogP contribution in [0.15, 0.2) is 30.6 Å². The Morgan fingerprint density at radius 3 is 2.32 bits per heavy atom. The molecule has 1 amide bonds. The Morgan fingerprint density at radius 1 is 1.16 bits per heavy atom. The molecule has 0 aliphatic heterocycles. The number of nitrogen functional groups attached to an aromatic ring is 1. The maximum atomic E-state index is 11.9. The molecule has 0 saturated heterocycles. The standard InChI is InChI=1S/C14H16N4O/c1-9-4-6-12(7-5-9)18(11(3)19)13-10(2)16-8-17-14(13)15/h4-8H,1-3H3,(H2,15,16,17). The largest absolute Gasteiger partial charge is 0.382 e. The van der Waals surface area contributed by atoms with Crippen molar-refractivity contribution in [2.75, 3.05) is 10.6 Å². The molecule has 0 bridgehead atoms. The van der Waals surface area contributed by atoms with Gasteiger partial charge >= 0.3 is 0 Å². The summed E-state index contributed by atoms with van der Waals surface area (Å²) in [5.74, 6) is 0.164. The van der Waals surface area contributed by atoms with Crippen LogP contribution in [-0.4, -0.2) is 15.9 Å². The Hall–Kier alpha value is -2.43. The van der Waals surface area contributed by atoms with E-state index in [9.17, 15) is 4.79 Å². The van der Waals surface area contributed by atoms with Crippen LogP contribution in [0.3, 0.4) is 0 Å². The molecule has 0 atom stereocenters. The minimum absolute atomic E-state index is 0.131. The number of nitrogens with zero attached hydrogens (tertiary/aromatic N) is 3. The predicted molar refractivity (Wildman–Crippen MR) is 75.2 cm³/mol. The number of rotatable bonds is 2. The molecule has 2 rings (SSSR count). The highest BCUT2D eigenvalue weighted by Crippen LogP contribution is 2.31. The third kappa shape index (κ3) is 2.54. The zero-order valence-electron chi connectivity index (χ0n) is 11.2. The van der Waals surface area contributed by atoms with E-state index in [2.05, 4.69) is 9.97 Å².